The number of fused-ring (bicyclic) bond motifs is 5. The summed E-state index contributed by atoms with van der Waals surface area (Å²) in [4.78, 5) is 0. The maximum absolute atomic E-state index is 6.79. The van der Waals surface area contributed by atoms with Crippen LogP contribution in [0, 0.1) is 0 Å². The molecule has 2 saturated heterocycles. The first-order valence-electron chi connectivity index (χ1n) is 18.4. The minimum absolute atomic E-state index is 0.466. The number of rotatable bonds is 5. The molecule has 260 valence electrons. The Kier molecular flexibility index (Phi) is 7.75. The average Bonchev–Trinajstić information content (AvgIpc) is 3.64. The molecule has 52 heavy (non-hydrogen) atoms. The van der Waals surface area contributed by atoms with Crippen LogP contribution in [0.3, 0.4) is 0 Å². The number of hydrogen-bond acceptors (Lipinski definition) is 4. The van der Waals surface area contributed by atoms with Crippen molar-refractivity contribution in [2.24, 2.45) is 0 Å². The van der Waals surface area contributed by atoms with Gasteiger partial charge in [-0.2, -0.15) is 0 Å². The summed E-state index contributed by atoms with van der Waals surface area (Å²) in [5, 5.41) is 10.8. The van der Waals surface area contributed by atoms with Crippen LogP contribution in [-0.4, -0.2) is 44.5 Å². The lowest BCUT2D eigenvalue weighted by atomic mass is 9.49. The Bertz CT molecular complexity index is 2390. The Morgan fingerprint density at radius 2 is 1.06 bits per heavy atom. The molecule has 3 heterocycles. The number of benzene rings is 6. The second-order valence-electron chi connectivity index (χ2n) is 16.5. The highest BCUT2D eigenvalue weighted by Crippen LogP contribution is 2.45. The van der Waals surface area contributed by atoms with Gasteiger partial charge in [0.25, 0.3) is 0 Å². The van der Waals surface area contributed by atoms with Crippen LogP contribution >= 0.6 is 15.9 Å². The summed E-state index contributed by atoms with van der Waals surface area (Å²) in [6, 6.07) is 45.6. The van der Waals surface area contributed by atoms with Crippen molar-refractivity contribution in [3.63, 3.8) is 0 Å². The highest BCUT2D eigenvalue weighted by Gasteiger charge is 2.65. The van der Waals surface area contributed by atoms with Gasteiger partial charge in [0.2, 0.25) is 0 Å². The topological polar surface area (TPSA) is 36.9 Å². The molecule has 0 N–H and O–H groups in total. The minimum Gasteiger partial charge on any atom is -0.405 e. The average molecular weight is 765 g/mol. The lowest BCUT2D eigenvalue weighted by Crippen LogP contribution is -2.73. The van der Waals surface area contributed by atoms with Crippen LogP contribution in [0.25, 0.3) is 32.7 Å². The quantitative estimate of drug-likeness (QED) is 0.167. The van der Waals surface area contributed by atoms with E-state index in [0.717, 1.165) is 4.47 Å². The van der Waals surface area contributed by atoms with Crippen molar-refractivity contribution in [3.8, 4) is 11.1 Å². The highest BCUT2D eigenvalue weighted by molar-refractivity contribution is 9.10. The Labute approximate surface area is 317 Å². The smallest absolute Gasteiger partial charge is 0.405 e. The van der Waals surface area contributed by atoms with Gasteiger partial charge in [-0.05, 0) is 114 Å². The summed E-state index contributed by atoms with van der Waals surface area (Å²) in [6.45, 7) is 14.6. The van der Waals surface area contributed by atoms with Crippen molar-refractivity contribution in [3.05, 3.63) is 131 Å². The lowest BCUT2D eigenvalue weighted by molar-refractivity contribution is -0.00875. The highest BCUT2D eigenvalue weighted by atomic mass is 79.9. The van der Waals surface area contributed by atoms with Gasteiger partial charge in [0, 0.05) is 10.9 Å². The standard InChI is InChI=1S/C44H43B2BrO4Si/c1-41(2)42(3,4)49-45(48-41)46-50-43(5,6)44(7,51-46)28-29-25-26-33-31(27-29)17-13-23-37(33)52(36-22-12-16-30-15-8-9-18-32(30)36)38-21-11-10-19-34(38)40-35(47)20-14-24-39(40)52/h8-27H,28H2,1-7H3. The molecule has 9 rings (SSSR count). The summed E-state index contributed by atoms with van der Waals surface area (Å²) in [5.41, 5.74) is 1.73. The van der Waals surface area contributed by atoms with Gasteiger partial charge in [0.05, 0.1) is 22.4 Å². The molecule has 0 radical (unpaired) electrons. The molecule has 0 saturated carbocycles. The molecule has 6 aromatic rings. The first kappa shape index (κ1) is 34.3. The first-order chi connectivity index (χ1) is 24.8. The van der Waals surface area contributed by atoms with Crippen molar-refractivity contribution >= 4 is 80.3 Å². The van der Waals surface area contributed by atoms with Crippen molar-refractivity contribution < 1.29 is 18.6 Å². The van der Waals surface area contributed by atoms with Gasteiger partial charge in [-0.25, -0.2) is 0 Å². The Morgan fingerprint density at radius 1 is 0.519 bits per heavy atom. The molecule has 0 spiro atoms. The van der Waals surface area contributed by atoms with Gasteiger partial charge in [-0.1, -0.05) is 131 Å². The lowest BCUT2D eigenvalue weighted by Gasteiger charge is -2.37. The van der Waals surface area contributed by atoms with E-state index in [1.807, 2.05) is 0 Å². The van der Waals surface area contributed by atoms with E-state index in [0.29, 0.717) is 6.42 Å². The normalized spacial score (nSPS) is 24.1. The van der Waals surface area contributed by atoms with Crippen LogP contribution in [0.4, 0.5) is 0 Å². The monoisotopic (exact) mass is 764 g/mol. The molecule has 0 bridgehead atoms. The third-order valence-corrected chi connectivity index (χ3v) is 18.3. The largest absolute Gasteiger partial charge is 0.489 e. The van der Waals surface area contributed by atoms with Gasteiger partial charge in [0.15, 0.2) is 8.07 Å². The zero-order valence-electron chi connectivity index (χ0n) is 30.9. The van der Waals surface area contributed by atoms with E-state index in [4.69, 9.17) is 18.6 Å². The van der Waals surface area contributed by atoms with E-state index in [1.54, 1.807) is 0 Å². The van der Waals surface area contributed by atoms with E-state index in [1.165, 1.54) is 59.0 Å². The molecule has 4 nitrogen and oxygen atoms in total. The molecule has 2 unspecified atom stereocenters. The van der Waals surface area contributed by atoms with Crippen molar-refractivity contribution in [2.75, 3.05) is 0 Å². The predicted octanol–water partition coefficient (Wildman–Crippen LogP) is 7.90. The summed E-state index contributed by atoms with van der Waals surface area (Å²) in [6.07, 6.45) is 0.681. The Morgan fingerprint density at radius 3 is 1.81 bits per heavy atom. The van der Waals surface area contributed by atoms with Crippen LogP contribution in [0.5, 0.6) is 0 Å². The maximum Gasteiger partial charge on any atom is 0.489 e. The number of halogens is 1. The van der Waals surface area contributed by atoms with Crippen LogP contribution in [0.2, 0.25) is 0 Å². The van der Waals surface area contributed by atoms with E-state index in [9.17, 15) is 0 Å². The minimum atomic E-state index is -2.83. The van der Waals surface area contributed by atoms with Gasteiger partial charge < -0.3 is 18.6 Å². The second kappa shape index (κ2) is 11.8. The summed E-state index contributed by atoms with van der Waals surface area (Å²) >= 11 is 4.00. The molecule has 8 heteroatoms. The molecule has 0 amide bonds. The molecular weight excluding hydrogens is 722 g/mol. The third-order valence-electron chi connectivity index (χ3n) is 12.7. The van der Waals surface area contributed by atoms with Gasteiger partial charge >= 0.3 is 14.0 Å². The van der Waals surface area contributed by atoms with Crippen LogP contribution < -0.4 is 20.7 Å². The second-order valence-corrected chi connectivity index (χ2v) is 21.0. The van der Waals surface area contributed by atoms with Crippen molar-refractivity contribution in [2.45, 2.75) is 77.3 Å². The van der Waals surface area contributed by atoms with Gasteiger partial charge in [0.1, 0.15) is 0 Å². The molecule has 0 aromatic heterocycles. The summed E-state index contributed by atoms with van der Waals surface area (Å²) in [5.74, 6) is 0. The van der Waals surface area contributed by atoms with Crippen LogP contribution in [-0.2, 0) is 25.0 Å². The fraction of sp³-hybridized carbons (Fsp3) is 0.273. The van der Waals surface area contributed by atoms with Crippen molar-refractivity contribution in [1.29, 1.82) is 0 Å². The van der Waals surface area contributed by atoms with Crippen molar-refractivity contribution in [1.82, 2.24) is 0 Å². The summed E-state index contributed by atoms with van der Waals surface area (Å²) in [7, 11) is -4.05. The first-order valence-corrected chi connectivity index (χ1v) is 21.2. The zero-order chi connectivity index (χ0) is 36.3. The molecule has 2 atom stereocenters. The predicted molar refractivity (Wildman–Crippen MR) is 222 cm³/mol. The SMILES string of the molecule is CC1(C)OB(B2OC(C)(C)C(C)(Cc3ccc4c([Si]5(c6cccc7ccccc67)c6ccccc6-c6c(Br)cccc65)cccc4c3)O2)OC1(C)C. The molecule has 3 aliphatic rings. The van der Waals surface area contributed by atoms with E-state index in [2.05, 4.69) is 186 Å². The molecule has 0 aliphatic carbocycles. The maximum atomic E-state index is 6.79. The van der Waals surface area contributed by atoms with E-state index < -0.39 is 44.5 Å². The molecule has 3 aliphatic heterocycles. The fourth-order valence-corrected chi connectivity index (χ4v) is 15.3. The molecular formula is C44H43B2BrO4Si. The van der Waals surface area contributed by atoms with Gasteiger partial charge in [-0.15, -0.1) is 0 Å². The third kappa shape index (κ3) is 4.88. The van der Waals surface area contributed by atoms with Crippen LogP contribution in [0.1, 0.15) is 54.0 Å². The van der Waals surface area contributed by atoms with Gasteiger partial charge in [-0.3, -0.25) is 0 Å². The Balaban J connectivity index is 1.18. The number of hydrogen-bond donors (Lipinski definition) is 0. The molecule has 6 aromatic carbocycles. The summed E-state index contributed by atoms with van der Waals surface area (Å²) < 4.78 is 27.2. The fourth-order valence-electron chi connectivity index (χ4n) is 8.92. The van der Waals surface area contributed by atoms with E-state index >= 15 is 0 Å². The van der Waals surface area contributed by atoms with Crippen LogP contribution in [0.15, 0.2) is 126 Å². The molecule has 2 fully saturated rings. The Hall–Kier alpha value is -3.49. The van der Waals surface area contributed by atoms with E-state index in [-0.39, 0.29) is 0 Å². The zero-order valence-corrected chi connectivity index (χ0v) is 33.5.